The Hall–Kier alpha value is 1.78. The quantitative estimate of drug-likeness (QED) is 0.355. The molecule has 0 spiro atoms. The van der Waals surface area contributed by atoms with E-state index < -0.39 is 9.05 Å². The van der Waals surface area contributed by atoms with Crippen LogP contribution in [0.4, 0.5) is 0 Å². The van der Waals surface area contributed by atoms with E-state index in [0.29, 0.717) is 0 Å². The molecular formula is H4O4SiYZn. The summed E-state index contributed by atoms with van der Waals surface area (Å²) in [5, 5.41) is 0. The third-order valence-electron chi connectivity index (χ3n) is 0. The Kier molecular flexibility index (Phi) is 13.4. The van der Waals surface area contributed by atoms with Gasteiger partial charge in [0.15, 0.2) is 0 Å². The van der Waals surface area contributed by atoms with Crippen LogP contribution >= 0.6 is 0 Å². The van der Waals surface area contributed by atoms with E-state index in [0.717, 1.165) is 0 Å². The standard InChI is InChI=1S/H4O4Si.Y.Zn/c1-5(2,3)4;;/h1-4H;;. The summed E-state index contributed by atoms with van der Waals surface area (Å²) in [6.07, 6.45) is 0. The fourth-order valence-corrected chi connectivity index (χ4v) is 0. The number of hydrogen-bond donors (Lipinski definition) is 4. The first-order valence-corrected chi connectivity index (χ1v) is 2.68. The van der Waals surface area contributed by atoms with Crippen LogP contribution in [0.15, 0.2) is 0 Å². The minimum absolute atomic E-state index is 0. The van der Waals surface area contributed by atoms with E-state index in [1.54, 1.807) is 0 Å². The molecule has 0 unspecified atom stereocenters. The molecule has 4 nitrogen and oxygen atoms in total. The first-order chi connectivity index (χ1) is 2.00. The summed E-state index contributed by atoms with van der Waals surface area (Å²) in [6, 6.07) is 0. The zero-order valence-electron chi connectivity index (χ0n) is 3.57. The molecule has 0 aliphatic rings. The Balaban J connectivity index is -0.0000000800. The van der Waals surface area contributed by atoms with Crippen molar-refractivity contribution in [1.29, 1.82) is 0 Å². The molecule has 0 saturated carbocycles. The molecule has 0 saturated heterocycles. The van der Waals surface area contributed by atoms with Gasteiger partial charge in [0.25, 0.3) is 0 Å². The molecule has 0 fully saturated rings. The average Bonchev–Trinajstić information content (AvgIpc) is 0.722. The molecule has 0 aromatic rings. The molecule has 4 N–H and O–H groups in total. The number of hydrogen-bond acceptors (Lipinski definition) is 4. The van der Waals surface area contributed by atoms with Crippen molar-refractivity contribution in [2.24, 2.45) is 0 Å². The maximum absolute atomic E-state index is 7.33. The summed E-state index contributed by atoms with van der Waals surface area (Å²) in [4.78, 5) is 29.3. The van der Waals surface area contributed by atoms with Gasteiger partial charge in [-0.25, -0.2) is 0 Å². The Labute approximate surface area is 79.7 Å². The molecule has 0 heterocycles. The molecule has 0 rings (SSSR count). The molecule has 37 valence electrons. The van der Waals surface area contributed by atoms with Crippen molar-refractivity contribution < 1.29 is 71.4 Å². The van der Waals surface area contributed by atoms with Crippen molar-refractivity contribution in [1.82, 2.24) is 0 Å². The second-order valence-corrected chi connectivity index (χ2v) is 1.80. The Bertz CT molecular complexity index is 27.2. The summed E-state index contributed by atoms with van der Waals surface area (Å²) in [5.74, 6) is 0. The van der Waals surface area contributed by atoms with Gasteiger partial charge in [0.05, 0.1) is 0 Å². The van der Waals surface area contributed by atoms with Crippen LogP contribution in [0.5, 0.6) is 0 Å². The second-order valence-electron chi connectivity index (χ2n) is 0.600. The van der Waals surface area contributed by atoms with E-state index in [1.165, 1.54) is 0 Å². The normalized spacial score (nSPS) is 8.57. The van der Waals surface area contributed by atoms with Crippen molar-refractivity contribution in [3.63, 3.8) is 0 Å². The van der Waals surface area contributed by atoms with Crippen molar-refractivity contribution in [2.45, 2.75) is 0 Å². The van der Waals surface area contributed by atoms with Crippen LogP contribution in [0.25, 0.3) is 0 Å². The maximum Gasteiger partial charge on any atom is 0.668 e. The first kappa shape index (κ1) is 15.9. The molecule has 7 heavy (non-hydrogen) atoms. The summed E-state index contributed by atoms with van der Waals surface area (Å²) >= 11 is 0. The molecule has 7 heteroatoms. The van der Waals surface area contributed by atoms with Gasteiger partial charge in [-0.15, -0.1) is 0 Å². The predicted molar refractivity (Wildman–Crippen MR) is 14.6 cm³/mol. The van der Waals surface area contributed by atoms with Crippen LogP contribution in [0.2, 0.25) is 0 Å². The van der Waals surface area contributed by atoms with Gasteiger partial charge < -0.3 is 19.2 Å². The fourth-order valence-electron chi connectivity index (χ4n) is 0. The van der Waals surface area contributed by atoms with Crippen molar-refractivity contribution in [3.8, 4) is 0 Å². The summed E-state index contributed by atoms with van der Waals surface area (Å²) in [6.45, 7) is 0. The SMILES string of the molecule is O[Si](O)(O)O.[Y].[Zn]. The molecular weight excluding hydrogens is 246 g/mol. The fraction of sp³-hybridized carbons (Fsp3) is 0. The van der Waals surface area contributed by atoms with Crippen molar-refractivity contribution in [2.75, 3.05) is 0 Å². The third kappa shape index (κ3) is 81.8. The monoisotopic (exact) mass is 249 g/mol. The van der Waals surface area contributed by atoms with Gasteiger partial charge in [-0.1, -0.05) is 0 Å². The van der Waals surface area contributed by atoms with E-state index >= 15 is 0 Å². The van der Waals surface area contributed by atoms with Gasteiger partial charge in [-0.2, -0.15) is 0 Å². The average molecular weight is 250 g/mol. The van der Waals surface area contributed by atoms with Gasteiger partial charge in [-0.3, -0.25) is 0 Å². The molecule has 0 atom stereocenters. The van der Waals surface area contributed by atoms with Crippen LogP contribution in [-0.2, 0) is 52.2 Å². The van der Waals surface area contributed by atoms with E-state index in [9.17, 15) is 0 Å². The van der Waals surface area contributed by atoms with E-state index in [-0.39, 0.29) is 52.2 Å². The maximum atomic E-state index is 7.33. The van der Waals surface area contributed by atoms with Gasteiger partial charge >= 0.3 is 9.05 Å². The van der Waals surface area contributed by atoms with Crippen LogP contribution in [0, 0.1) is 0 Å². The predicted octanol–water partition coefficient (Wildman–Crippen LogP) is -2.61. The van der Waals surface area contributed by atoms with Gasteiger partial charge in [-0.05, 0) is 0 Å². The molecule has 0 bridgehead atoms. The summed E-state index contributed by atoms with van der Waals surface area (Å²) in [7, 11) is -4.61. The minimum Gasteiger partial charge on any atom is -0.368 e. The van der Waals surface area contributed by atoms with Crippen LogP contribution < -0.4 is 0 Å². The van der Waals surface area contributed by atoms with Gasteiger partial charge in [0, 0.05) is 52.2 Å². The first-order valence-electron chi connectivity index (χ1n) is 0.894. The summed E-state index contributed by atoms with van der Waals surface area (Å²) in [5.41, 5.74) is 0. The zero-order chi connectivity index (χ0) is 4.50. The van der Waals surface area contributed by atoms with Crippen molar-refractivity contribution in [3.05, 3.63) is 0 Å². The van der Waals surface area contributed by atoms with Crippen molar-refractivity contribution >= 4 is 9.05 Å². The molecule has 0 aromatic carbocycles. The van der Waals surface area contributed by atoms with Crippen LogP contribution in [0.3, 0.4) is 0 Å². The topological polar surface area (TPSA) is 80.9 Å². The van der Waals surface area contributed by atoms with Crippen LogP contribution in [0.1, 0.15) is 0 Å². The Morgan fingerprint density at radius 3 is 0.857 bits per heavy atom. The largest absolute Gasteiger partial charge is 0.668 e. The third-order valence-corrected chi connectivity index (χ3v) is 0. The smallest absolute Gasteiger partial charge is 0.368 e. The molecule has 0 aromatic heterocycles. The molecule has 1 radical (unpaired) electrons. The van der Waals surface area contributed by atoms with E-state index in [2.05, 4.69) is 0 Å². The Morgan fingerprint density at radius 2 is 0.857 bits per heavy atom. The molecule has 0 aliphatic heterocycles. The second kappa shape index (κ2) is 5.91. The van der Waals surface area contributed by atoms with Gasteiger partial charge in [0.1, 0.15) is 0 Å². The zero-order valence-corrected chi connectivity index (χ0v) is 10.4. The number of rotatable bonds is 0. The molecule has 0 amide bonds. The Morgan fingerprint density at radius 1 is 0.857 bits per heavy atom. The van der Waals surface area contributed by atoms with E-state index in [4.69, 9.17) is 19.2 Å². The van der Waals surface area contributed by atoms with Crippen LogP contribution in [-0.4, -0.2) is 28.2 Å². The van der Waals surface area contributed by atoms with E-state index in [1.807, 2.05) is 0 Å². The summed E-state index contributed by atoms with van der Waals surface area (Å²) < 4.78 is 0. The minimum atomic E-state index is -4.61. The van der Waals surface area contributed by atoms with Gasteiger partial charge in [0.2, 0.25) is 0 Å². The molecule has 0 aliphatic carbocycles.